The fraction of sp³-hybridized carbons (Fsp3) is 0.191. The van der Waals surface area contributed by atoms with E-state index in [0.717, 1.165) is 39.2 Å². The van der Waals surface area contributed by atoms with Gasteiger partial charge in [-0.15, -0.1) is 0 Å². The summed E-state index contributed by atoms with van der Waals surface area (Å²) in [6.07, 6.45) is 1.90. The van der Waals surface area contributed by atoms with E-state index in [1.54, 1.807) is 6.07 Å². The number of nitrogens with zero attached hydrogens (tertiary/aromatic N) is 2. The summed E-state index contributed by atoms with van der Waals surface area (Å²) in [7, 11) is 0. The van der Waals surface area contributed by atoms with Crippen molar-refractivity contribution in [3.05, 3.63) is 179 Å². The molecule has 4 heteroatoms. The van der Waals surface area contributed by atoms with Gasteiger partial charge >= 0.3 is 0 Å². The van der Waals surface area contributed by atoms with Crippen LogP contribution in [0.3, 0.4) is 0 Å². The molecule has 5 aromatic carbocycles. The second kappa shape index (κ2) is 12.0. The minimum Gasteiger partial charge on any atom is -0.457 e. The predicted octanol–water partition coefficient (Wildman–Crippen LogP) is 12.2. The van der Waals surface area contributed by atoms with Crippen molar-refractivity contribution in [3.8, 4) is 33.9 Å². The summed E-state index contributed by atoms with van der Waals surface area (Å²) < 4.78 is 20.5. The molecular weight excluding hydrogens is 628 g/mol. The maximum absolute atomic E-state index is 13.8. The molecule has 0 radical (unpaired) electrons. The van der Waals surface area contributed by atoms with Crippen molar-refractivity contribution in [1.29, 1.82) is 0 Å². The Bertz CT molecular complexity index is 2370. The van der Waals surface area contributed by atoms with Gasteiger partial charge in [-0.1, -0.05) is 114 Å². The van der Waals surface area contributed by atoms with E-state index < -0.39 is 5.41 Å². The number of hydrogen-bond acceptors (Lipinski definition) is 3. The van der Waals surface area contributed by atoms with E-state index >= 15 is 0 Å². The predicted molar refractivity (Wildman–Crippen MR) is 206 cm³/mol. The molecule has 51 heavy (non-hydrogen) atoms. The number of fused-ring (bicyclic) bond motifs is 4. The lowest BCUT2D eigenvalue weighted by Crippen LogP contribution is -2.30. The Morgan fingerprint density at radius 3 is 1.90 bits per heavy atom. The molecule has 0 saturated carbocycles. The Morgan fingerprint density at radius 2 is 1.25 bits per heavy atom. The van der Waals surface area contributed by atoms with Gasteiger partial charge in [-0.25, -0.2) is 9.37 Å². The molecule has 0 saturated heterocycles. The van der Waals surface area contributed by atoms with E-state index in [-0.39, 0.29) is 16.6 Å². The first-order valence-corrected chi connectivity index (χ1v) is 17.6. The Morgan fingerprint density at radius 1 is 0.588 bits per heavy atom. The standard InChI is InChI=1S/C47H41FN2O/c1-45(2,3)32-17-20-38-39-21-18-33(46(4,5)6)29-41(39)47(40(38)28-32,44-15-7-8-24-49-44)34-12-10-14-37(27-34)51-36-13-9-11-30(26-36)42-22-16-31-25-35(48)19-23-43(31)50-42/h7-29H,1-6H3. The summed E-state index contributed by atoms with van der Waals surface area (Å²) in [5.74, 6) is 1.17. The first-order valence-electron chi connectivity index (χ1n) is 17.6. The molecule has 0 aliphatic heterocycles. The highest BCUT2D eigenvalue weighted by atomic mass is 19.1. The molecule has 0 fully saturated rings. The molecule has 0 amide bonds. The molecule has 0 spiro atoms. The molecule has 0 unspecified atom stereocenters. The van der Waals surface area contributed by atoms with E-state index in [0.29, 0.717) is 5.75 Å². The Labute approximate surface area is 299 Å². The summed E-state index contributed by atoms with van der Waals surface area (Å²) in [5, 5.41) is 0.768. The van der Waals surface area contributed by atoms with E-state index in [4.69, 9.17) is 14.7 Å². The molecular formula is C47H41FN2O. The van der Waals surface area contributed by atoms with Crippen LogP contribution in [0.15, 0.2) is 140 Å². The van der Waals surface area contributed by atoms with Gasteiger partial charge in [-0.05, 0) is 110 Å². The van der Waals surface area contributed by atoms with Crippen LogP contribution >= 0.6 is 0 Å². The summed E-state index contributed by atoms with van der Waals surface area (Å²) >= 11 is 0. The van der Waals surface area contributed by atoms with Gasteiger partial charge in [-0.3, -0.25) is 4.98 Å². The monoisotopic (exact) mass is 668 g/mol. The third-order valence-electron chi connectivity index (χ3n) is 10.2. The first kappa shape index (κ1) is 32.6. The van der Waals surface area contributed by atoms with Gasteiger partial charge in [0.1, 0.15) is 17.3 Å². The fourth-order valence-corrected chi connectivity index (χ4v) is 7.48. The third kappa shape index (κ3) is 5.69. The highest BCUT2D eigenvalue weighted by Crippen LogP contribution is 2.57. The normalized spacial score (nSPS) is 13.5. The minimum atomic E-state index is -0.676. The molecule has 7 aromatic rings. The minimum absolute atomic E-state index is 0.0394. The van der Waals surface area contributed by atoms with Crippen LogP contribution in [0.5, 0.6) is 11.5 Å². The molecule has 2 aromatic heterocycles. The number of hydrogen-bond donors (Lipinski definition) is 0. The largest absolute Gasteiger partial charge is 0.457 e. The highest BCUT2D eigenvalue weighted by Gasteiger charge is 2.48. The van der Waals surface area contributed by atoms with Crippen molar-refractivity contribution in [1.82, 2.24) is 9.97 Å². The molecule has 1 aliphatic carbocycles. The molecule has 0 N–H and O–H groups in total. The Balaban J connectivity index is 1.29. The van der Waals surface area contributed by atoms with Crippen LogP contribution in [0.4, 0.5) is 4.39 Å². The molecule has 3 nitrogen and oxygen atoms in total. The maximum atomic E-state index is 13.8. The molecule has 2 heterocycles. The summed E-state index contributed by atoms with van der Waals surface area (Å²) in [6.45, 7) is 13.6. The lowest BCUT2D eigenvalue weighted by molar-refractivity contribution is 0.481. The molecule has 0 bridgehead atoms. The molecule has 0 atom stereocenters. The highest BCUT2D eigenvalue weighted by molar-refractivity contribution is 5.87. The van der Waals surface area contributed by atoms with E-state index in [2.05, 4.69) is 108 Å². The second-order valence-electron chi connectivity index (χ2n) is 15.7. The Hall–Kier alpha value is -5.61. The van der Waals surface area contributed by atoms with Gasteiger partial charge in [0.25, 0.3) is 0 Å². The van der Waals surface area contributed by atoms with Crippen LogP contribution in [-0.2, 0) is 16.2 Å². The van der Waals surface area contributed by atoms with E-state index in [1.165, 1.54) is 45.5 Å². The van der Waals surface area contributed by atoms with Gasteiger partial charge in [0.05, 0.1) is 22.3 Å². The van der Waals surface area contributed by atoms with Crippen molar-refractivity contribution in [2.45, 2.75) is 57.8 Å². The second-order valence-corrected chi connectivity index (χ2v) is 15.7. The smallest absolute Gasteiger partial charge is 0.128 e. The number of rotatable bonds is 5. The van der Waals surface area contributed by atoms with Crippen LogP contribution in [0.25, 0.3) is 33.3 Å². The average Bonchev–Trinajstić information content (AvgIpc) is 3.41. The lowest BCUT2D eigenvalue weighted by Gasteiger charge is -2.34. The zero-order valence-corrected chi connectivity index (χ0v) is 30.0. The Kier molecular flexibility index (Phi) is 7.68. The third-order valence-corrected chi connectivity index (χ3v) is 10.2. The van der Waals surface area contributed by atoms with Gasteiger partial charge < -0.3 is 4.74 Å². The molecule has 1 aliphatic rings. The van der Waals surface area contributed by atoms with E-state index in [1.807, 2.05) is 54.7 Å². The van der Waals surface area contributed by atoms with Crippen molar-refractivity contribution >= 4 is 10.9 Å². The van der Waals surface area contributed by atoms with Crippen LogP contribution < -0.4 is 4.74 Å². The number of pyridine rings is 2. The zero-order chi connectivity index (χ0) is 35.5. The number of aromatic nitrogens is 2. The summed E-state index contributed by atoms with van der Waals surface area (Å²) in [4.78, 5) is 9.91. The topological polar surface area (TPSA) is 35.0 Å². The molecule has 252 valence electrons. The van der Waals surface area contributed by atoms with Crippen molar-refractivity contribution < 1.29 is 9.13 Å². The van der Waals surface area contributed by atoms with Gasteiger partial charge in [0.15, 0.2) is 0 Å². The lowest BCUT2D eigenvalue weighted by atomic mass is 9.68. The van der Waals surface area contributed by atoms with Crippen molar-refractivity contribution in [2.75, 3.05) is 0 Å². The van der Waals surface area contributed by atoms with Crippen molar-refractivity contribution in [2.24, 2.45) is 0 Å². The van der Waals surface area contributed by atoms with Gasteiger partial charge in [0, 0.05) is 17.1 Å². The van der Waals surface area contributed by atoms with Crippen LogP contribution in [0.1, 0.15) is 75.1 Å². The van der Waals surface area contributed by atoms with Gasteiger partial charge in [-0.2, -0.15) is 0 Å². The maximum Gasteiger partial charge on any atom is 0.128 e. The van der Waals surface area contributed by atoms with E-state index in [9.17, 15) is 4.39 Å². The molecule has 8 rings (SSSR count). The quantitative estimate of drug-likeness (QED) is 0.183. The fourth-order valence-electron chi connectivity index (χ4n) is 7.48. The van der Waals surface area contributed by atoms with Crippen LogP contribution in [-0.4, -0.2) is 9.97 Å². The van der Waals surface area contributed by atoms with Crippen LogP contribution in [0.2, 0.25) is 0 Å². The number of ether oxygens (including phenoxy) is 1. The average molecular weight is 669 g/mol. The van der Waals surface area contributed by atoms with Crippen molar-refractivity contribution in [3.63, 3.8) is 0 Å². The summed E-state index contributed by atoms with van der Waals surface area (Å²) in [5.41, 5.74) is 11.3. The summed E-state index contributed by atoms with van der Waals surface area (Å²) in [6, 6.07) is 45.2. The number of benzene rings is 5. The number of halogens is 1. The van der Waals surface area contributed by atoms with Gasteiger partial charge in [0.2, 0.25) is 0 Å². The SMILES string of the molecule is CC(C)(C)c1ccc2c(c1)C(c1cccc(Oc3cccc(-c4ccc5cc(F)ccc5n4)c3)c1)(c1ccccn1)c1cc(C(C)(C)C)ccc1-2. The first-order chi connectivity index (χ1) is 24.4. The zero-order valence-electron chi connectivity index (χ0n) is 30.0. The van der Waals surface area contributed by atoms with Crippen LogP contribution in [0, 0.1) is 5.82 Å².